The predicted octanol–water partition coefficient (Wildman–Crippen LogP) is 2.82. The second-order valence-corrected chi connectivity index (χ2v) is 4.72. The Hall–Kier alpha value is -1.92. The van der Waals surface area contributed by atoms with E-state index in [9.17, 15) is 0 Å². The zero-order chi connectivity index (χ0) is 14.4. The number of hydrogen-bond acceptors (Lipinski definition) is 3. The lowest BCUT2D eigenvalue weighted by molar-refractivity contribution is 0.311. The van der Waals surface area contributed by atoms with Crippen LogP contribution in [-0.2, 0) is 0 Å². The first-order valence-corrected chi connectivity index (χ1v) is 6.94. The van der Waals surface area contributed by atoms with Gasteiger partial charge in [-0.3, -0.25) is 4.90 Å². The predicted molar refractivity (Wildman–Crippen MR) is 82.0 cm³/mol. The van der Waals surface area contributed by atoms with Gasteiger partial charge in [0.1, 0.15) is 0 Å². The molecule has 3 nitrogen and oxygen atoms in total. The molecule has 0 N–H and O–H groups in total. The van der Waals surface area contributed by atoms with Crippen LogP contribution >= 0.6 is 0 Å². The van der Waals surface area contributed by atoms with Crippen LogP contribution in [0.3, 0.4) is 0 Å². The third-order valence-electron chi connectivity index (χ3n) is 3.44. The van der Waals surface area contributed by atoms with E-state index in [2.05, 4.69) is 23.0 Å². The monoisotopic (exact) mass is 271 g/mol. The van der Waals surface area contributed by atoms with Crippen molar-refractivity contribution in [3.8, 4) is 23.8 Å². The molecule has 0 fully saturated rings. The lowest BCUT2D eigenvalue weighted by atomic mass is 9.99. The Morgan fingerprint density at radius 3 is 2.80 bits per heavy atom. The first-order chi connectivity index (χ1) is 9.78. The number of ether oxygens (including phenoxy) is 2. The topological polar surface area (TPSA) is 21.7 Å². The van der Waals surface area contributed by atoms with Gasteiger partial charge in [-0.1, -0.05) is 18.1 Å². The third-order valence-corrected chi connectivity index (χ3v) is 3.44. The van der Waals surface area contributed by atoms with Crippen molar-refractivity contribution in [3.63, 3.8) is 0 Å². The Morgan fingerprint density at radius 2 is 2.20 bits per heavy atom. The molecule has 0 aliphatic carbocycles. The largest absolute Gasteiger partial charge is 0.493 e. The van der Waals surface area contributed by atoms with E-state index < -0.39 is 0 Å². The summed E-state index contributed by atoms with van der Waals surface area (Å²) in [5.74, 6) is 4.28. The number of terminal acetylenes is 1. The molecule has 1 aromatic rings. The summed E-state index contributed by atoms with van der Waals surface area (Å²) in [4.78, 5) is 2.26. The molecule has 0 bridgehead atoms. The van der Waals surface area contributed by atoms with E-state index in [1.165, 1.54) is 11.1 Å². The molecule has 0 saturated carbocycles. The minimum absolute atomic E-state index is 0.638. The standard InChI is InChI=1S/C17H21NO2/c1-4-10-18-11-8-14(9-12-18)15-6-7-16(20-5-2)17(13-15)19-3/h1,6-8,13H,5,9-12H2,2-3H3. The zero-order valence-corrected chi connectivity index (χ0v) is 12.2. The van der Waals surface area contributed by atoms with Gasteiger partial charge < -0.3 is 9.47 Å². The molecule has 106 valence electrons. The van der Waals surface area contributed by atoms with Crippen molar-refractivity contribution in [2.75, 3.05) is 33.4 Å². The number of rotatable bonds is 5. The minimum Gasteiger partial charge on any atom is -0.493 e. The summed E-state index contributed by atoms with van der Waals surface area (Å²) in [6, 6.07) is 6.12. The summed E-state index contributed by atoms with van der Waals surface area (Å²) in [6.07, 6.45) is 8.60. The maximum atomic E-state index is 5.54. The molecular weight excluding hydrogens is 250 g/mol. The second kappa shape index (κ2) is 7.02. The van der Waals surface area contributed by atoms with E-state index in [4.69, 9.17) is 15.9 Å². The molecule has 0 spiro atoms. The van der Waals surface area contributed by atoms with Crippen LogP contribution in [0.25, 0.3) is 5.57 Å². The average molecular weight is 271 g/mol. The van der Waals surface area contributed by atoms with Crippen LogP contribution in [0.15, 0.2) is 24.3 Å². The Bertz CT molecular complexity index is 528. The van der Waals surface area contributed by atoms with Crippen LogP contribution < -0.4 is 9.47 Å². The van der Waals surface area contributed by atoms with Crippen LogP contribution in [0.4, 0.5) is 0 Å². The van der Waals surface area contributed by atoms with Gasteiger partial charge in [-0.25, -0.2) is 0 Å². The number of benzene rings is 1. The fourth-order valence-corrected chi connectivity index (χ4v) is 2.39. The Balaban J connectivity index is 2.16. The molecular formula is C17H21NO2. The van der Waals surface area contributed by atoms with Crippen LogP contribution in [0.5, 0.6) is 11.5 Å². The minimum atomic E-state index is 0.638. The highest BCUT2D eigenvalue weighted by Crippen LogP contribution is 2.32. The smallest absolute Gasteiger partial charge is 0.161 e. The normalized spacial score (nSPS) is 15.3. The van der Waals surface area contributed by atoms with Gasteiger partial charge in [0, 0.05) is 13.1 Å². The Kier molecular flexibility index (Phi) is 5.09. The van der Waals surface area contributed by atoms with Gasteiger partial charge in [-0.15, -0.1) is 6.42 Å². The van der Waals surface area contributed by atoms with Gasteiger partial charge in [0.05, 0.1) is 20.3 Å². The van der Waals surface area contributed by atoms with Crippen LogP contribution in [0.2, 0.25) is 0 Å². The lowest BCUT2D eigenvalue weighted by Gasteiger charge is -2.24. The van der Waals surface area contributed by atoms with Crippen molar-refractivity contribution in [2.45, 2.75) is 13.3 Å². The van der Waals surface area contributed by atoms with Crippen LogP contribution in [0, 0.1) is 12.3 Å². The highest BCUT2D eigenvalue weighted by Gasteiger charge is 2.14. The first-order valence-electron chi connectivity index (χ1n) is 6.94. The van der Waals surface area contributed by atoms with Crippen molar-refractivity contribution in [3.05, 3.63) is 29.8 Å². The van der Waals surface area contributed by atoms with E-state index in [1.807, 2.05) is 19.1 Å². The number of hydrogen-bond donors (Lipinski definition) is 0. The Labute approximate surface area is 121 Å². The maximum absolute atomic E-state index is 5.54. The van der Waals surface area contributed by atoms with Crippen molar-refractivity contribution in [1.82, 2.24) is 4.90 Å². The van der Waals surface area contributed by atoms with Gasteiger partial charge in [-0.05, 0) is 36.6 Å². The summed E-state index contributed by atoms with van der Waals surface area (Å²) in [7, 11) is 1.67. The van der Waals surface area contributed by atoms with Crippen molar-refractivity contribution in [2.24, 2.45) is 0 Å². The highest BCUT2D eigenvalue weighted by molar-refractivity contribution is 5.69. The first kappa shape index (κ1) is 14.5. The summed E-state index contributed by atoms with van der Waals surface area (Å²) >= 11 is 0. The van der Waals surface area contributed by atoms with Crippen molar-refractivity contribution < 1.29 is 9.47 Å². The Morgan fingerprint density at radius 1 is 1.35 bits per heavy atom. The summed E-state index contributed by atoms with van der Waals surface area (Å²) in [6.45, 7) is 5.24. The summed E-state index contributed by atoms with van der Waals surface area (Å²) in [5, 5.41) is 0. The molecule has 0 radical (unpaired) electrons. The van der Waals surface area contributed by atoms with Gasteiger partial charge in [-0.2, -0.15) is 0 Å². The molecule has 0 unspecified atom stereocenters. The summed E-state index contributed by atoms with van der Waals surface area (Å²) < 4.78 is 10.9. The molecule has 1 heterocycles. The maximum Gasteiger partial charge on any atom is 0.161 e. The van der Waals surface area contributed by atoms with Crippen molar-refractivity contribution in [1.29, 1.82) is 0 Å². The molecule has 3 heteroatoms. The van der Waals surface area contributed by atoms with E-state index >= 15 is 0 Å². The number of methoxy groups -OCH3 is 1. The van der Waals surface area contributed by atoms with Gasteiger partial charge >= 0.3 is 0 Å². The molecule has 20 heavy (non-hydrogen) atoms. The quantitative estimate of drug-likeness (QED) is 0.769. The lowest BCUT2D eigenvalue weighted by Crippen LogP contribution is -2.28. The fourth-order valence-electron chi connectivity index (χ4n) is 2.39. The fraction of sp³-hybridized carbons (Fsp3) is 0.412. The van der Waals surface area contributed by atoms with Gasteiger partial charge in [0.2, 0.25) is 0 Å². The molecule has 1 aliphatic rings. The molecule has 0 amide bonds. The molecule has 0 saturated heterocycles. The summed E-state index contributed by atoms with van der Waals surface area (Å²) in [5.41, 5.74) is 2.55. The van der Waals surface area contributed by atoms with Crippen LogP contribution in [0.1, 0.15) is 18.9 Å². The van der Waals surface area contributed by atoms with E-state index in [1.54, 1.807) is 7.11 Å². The molecule has 1 aromatic carbocycles. The number of nitrogens with zero attached hydrogens (tertiary/aromatic N) is 1. The van der Waals surface area contributed by atoms with E-state index in [0.717, 1.165) is 37.6 Å². The average Bonchev–Trinajstić information content (AvgIpc) is 2.49. The highest BCUT2D eigenvalue weighted by atomic mass is 16.5. The second-order valence-electron chi connectivity index (χ2n) is 4.72. The van der Waals surface area contributed by atoms with Gasteiger partial charge in [0.15, 0.2) is 11.5 Å². The third kappa shape index (κ3) is 3.34. The van der Waals surface area contributed by atoms with E-state index in [-0.39, 0.29) is 0 Å². The van der Waals surface area contributed by atoms with Crippen LogP contribution in [-0.4, -0.2) is 38.3 Å². The molecule has 1 aliphatic heterocycles. The molecule has 2 rings (SSSR count). The van der Waals surface area contributed by atoms with E-state index in [0.29, 0.717) is 6.61 Å². The van der Waals surface area contributed by atoms with Crippen molar-refractivity contribution >= 4 is 5.57 Å². The molecule has 0 aromatic heterocycles. The van der Waals surface area contributed by atoms with Gasteiger partial charge in [0.25, 0.3) is 0 Å². The molecule has 0 atom stereocenters. The zero-order valence-electron chi connectivity index (χ0n) is 12.2. The SMILES string of the molecule is C#CCN1CC=C(c2ccc(OCC)c(OC)c2)CC1.